The third kappa shape index (κ3) is 5.62. The molecular weight excluding hydrogens is 380 g/mol. The van der Waals surface area contributed by atoms with Crippen LogP contribution in [0.25, 0.3) is 0 Å². The number of nitrogens with zero attached hydrogens (tertiary/aromatic N) is 3. The molecule has 1 amide bonds. The van der Waals surface area contributed by atoms with Crippen LogP contribution in [0.1, 0.15) is 21.5 Å². The first-order valence-electron chi connectivity index (χ1n) is 9.97. The van der Waals surface area contributed by atoms with Gasteiger partial charge in [-0.1, -0.05) is 24.3 Å². The SMILES string of the molecule is O=C(NCc1ccc(CN2CCOCC2)cc1)c1ccc(Oc2ncccn2)cc1. The fourth-order valence-electron chi connectivity index (χ4n) is 3.18. The summed E-state index contributed by atoms with van der Waals surface area (Å²) < 4.78 is 10.9. The summed E-state index contributed by atoms with van der Waals surface area (Å²) in [4.78, 5) is 22.8. The summed E-state index contributed by atoms with van der Waals surface area (Å²) >= 11 is 0. The molecule has 7 heteroatoms. The lowest BCUT2D eigenvalue weighted by Crippen LogP contribution is -2.35. The molecule has 7 nitrogen and oxygen atoms in total. The Balaban J connectivity index is 1.26. The van der Waals surface area contributed by atoms with Gasteiger partial charge in [-0.05, 0) is 41.5 Å². The lowest BCUT2D eigenvalue weighted by atomic mass is 10.1. The Morgan fingerprint density at radius 1 is 0.967 bits per heavy atom. The number of amides is 1. The van der Waals surface area contributed by atoms with Crippen molar-refractivity contribution < 1.29 is 14.3 Å². The van der Waals surface area contributed by atoms with E-state index < -0.39 is 0 Å². The largest absolute Gasteiger partial charge is 0.424 e. The summed E-state index contributed by atoms with van der Waals surface area (Å²) in [5.41, 5.74) is 2.90. The van der Waals surface area contributed by atoms with Crippen molar-refractivity contribution in [3.8, 4) is 11.8 Å². The molecule has 1 saturated heterocycles. The number of benzene rings is 2. The van der Waals surface area contributed by atoms with Crippen LogP contribution >= 0.6 is 0 Å². The first-order chi connectivity index (χ1) is 14.8. The van der Waals surface area contributed by atoms with Crippen LogP contribution in [0.2, 0.25) is 0 Å². The van der Waals surface area contributed by atoms with Crippen LogP contribution in [0.15, 0.2) is 67.0 Å². The third-order valence-corrected chi connectivity index (χ3v) is 4.85. The molecule has 2 aromatic carbocycles. The van der Waals surface area contributed by atoms with Crippen LogP contribution in [0, 0.1) is 0 Å². The summed E-state index contributed by atoms with van der Waals surface area (Å²) in [6, 6.07) is 17.3. The minimum Gasteiger partial charge on any atom is -0.424 e. The highest BCUT2D eigenvalue weighted by Crippen LogP contribution is 2.17. The van der Waals surface area contributed by atoms with Gasteiger partial charge in [0.05, 0.1) is 13.2 Å². The Bertz CT molecular complexity index is 940. The molecule has 30 heavy (non-hydrogen) atoms. The molecule has 4 rings (SSSR count). The van der Waals surface area contributed by atoms with Crippen molar-refractivity contribution in [1.82, 2.24) is 20.2 Å². The maximum Gasteiger partial charge on any atom is 0.321 e. The summed E-state index contributed by atoms with van der Waals surface area (Å²) in [5, 5.41) is 2.95. The van der Waals surface area contributed by atoms with E-state index >= 15 is 0 Å². The van der Waals surface area contributed by atoms with Gasteiger partial charge in [-0.15, -0.1) is 0 Å². The molecule has 0 bridgehead atoms. The zero-order valence-corrected chi connectivity index (χ0v) is 16.7. The number of ether oxygens (including phenoxy) is 2. The number of hydrogen-bond donors (Lipinski definition) is 1. The molecule has 1 N–H and O–H groups in total. The Hall–Kier alpha value is -3.29. The monoisotopic (exact) mass is 404 g/mol. The molecule has 0 saturated carbocycles. The number of rotatable bonds is 7. The smallest absolute Gasteiger partial charge is 0.321 e. The second-order valence-corrected chi connectivity index (χ2v) is 7.05. The fourth-order valence-corrected chi connectivity index (χ4v) is 3.18. The van der Waals surface area contributed by atoms with Crippen LogP contribution in [0.5, 0.6) is 11.8 Å². The Kier molecular flexibility index (Phi) is 6.64. The fraction of sp³-hybridized carbons (Fsp3) is 0.261. The minimum absolute atomic E-state index is 0.130. The lowest BCUT2D eigenvalue weighted by Gasteiger charge is -2.26. The number of hydrogen-bond acceptors (Lipinski definition) is 6. The van der Waals surface area contributed by atoms with Crippen LogP contribution in [0.3, 0.4) is 0 Å². The van der Waals surface area contributed by atoms with Crippen molar-refractivity contribution in [1.29, 1.82) is 0 Å². The number of carbonyl (C=O) groups excluding carboxylic acids is 1. The average Bonchev–Trinajstić information content (AvgIpc) is 2.80. The lowest BCUT2D eigenvalue weighted by molar-refractivity contribution is 0.0342. The van der Waals surface area contributed by atoms with Crippen molar-refractivity contribution in [2.24, 2.45) is 0 Å². The Morgan fingerprint density at radius 2 is 1.63 bits per heavy atom. The van der Waals surface area contributed by atoms with Crippen molar-refractivity contribution in [3.05, 3.63) is 83.7 Å². The van der Waals surface area contributed by atoms with Crippen molar-refractivity contribution in [2.45, 2.75) is 13.1 Å². The highest BCUT2D eigenvalue weighted by atomic mass is 16.5. The van der Waals surface area contributed by atoms with Crippen molar-refractivity contribution >= 4 is 5.91 Å². The van der Waals surface area contributed by atoms with Gasteiger partial charge in [0.2, 0.25) is 0 Å². The van der Waals surface area contributed by atoms with E-state index in [1.165, 1.54) is 5.56 Å². The molecule has 2 heterocycles. The van der Waals surface area contributed by atoms with E-state index in [0.717, 1.165) is 38.4 Å². The van der Waals surface area contributed by atoms with Gasteiger partial charge in [-0.3, -0.25) is 9.69 Å². The van der Waals surface area contributed by atoms with Crippen LogP contribution in [-0.2, 0) is 17.8 Å². The highest BCUT2D eigenvalue weighted by Gasteiger charge is 2.11. The Morgan fingerprint density at radius 3 is 2.33 bits per heavy atom. The van der Waals surface area contributed by atoms with Crippen molar-refractivity contribution in [3.63, 3.8) is 0 Å². The molecule has 154 valence electrons. The van der Waals surface area contributed by atoms with Gasteiger partial charge in [0, 0.05) is 44.1 Å². The van der Waals surface area contributed by atoms with Gasteiger partial charge < -0.3 is 14.8 Å². The standard InChI is InChI=1S/C23H24N4O3/c28-22(20-6-8-21(9-7-20)30-23-24-10-1-11-25-23)26-16-18-2-4-19(5-3-18)17-27-12-14-29-15-13-27/h1-11H,12-17H2,(H,26,28). The van der Waals surface area contributed by atoms with Gasteiger partial charge in [0.15, 0.2) is 0 Å². The average molecular weight is 404 g/mol. The molecule has 0 spiro atoms. The van der Waals surface area contributed by atoms with Gasteiger partial charge in [-0.25, -0.2) is 9.97 Å². The topological polar surface area (TPSA) is 76.6 Å². The van der Waals surface area contributed by atoms with E-state index in [0.29, 0.717) is 17.9 Å². The van der Waals surface area contributed by atoms with Crippen LogP contribution in [-0.4, -0.2) is 47.1 Å². The molecule has 0 radical (unpaired) electrons. The summed E-state index contributed by atoms with van der Waals surface area (Å²) in [6.45, 7) is 4.96. The summed E-state index contributed by atoms with van der Waals surface area (Å²) in [5.74, 6) is 0.448. The molecule has 3 aromatic rings. The molecule has 1 fully saturated rings. The van der Waals surface area contributed by atoms with E-state index in [2.05, 4.69) is 44.5 Å². The molecule has 1 aliphatic rings. The second kappa shape index (κ2) is 9.96. The van der Waals surface area contributed by atoms with E-state index in [1.54, 1.807) is 42.7 Å². The van der Waals surface area contributed by atoms with Gasteiger partial charge >= 0.3 is 6.01 Å². The zero-order chi connectivity index (χ0) is 20.6. The molecular formula is C23H24N4O3. The Labute approximate surface area is 175 Å². The maximum absolute atomic E-state index is 12.4. The molecule has 0 unspecified atom stereocenters. The van der Waals surface area contributed by atoms with E-state index in [4.69, 9.17) is 9.47 Å². The number of carbonyl (C=O) groups is 1. The quantitative estimate of drug-likeness (QED) is 0.652. The summed E-state index contributed by atoms with van der Waals surface area (Å²) in [7, 11) is 0. The van der Waals surface area contributed by atoms with Gasteiger partial charge in [0.25, 0.3) is 5.91 Å². The van der Waals surface area contributed by atoms with Crippen LogP contribution in [0.4, 0.5) is 0 Å². The number of nitrogens with one attached hydrogen (secondary N) is 1. The second-order valence-electron chi connectivity index (χ2n) is 7.05. The molecule has 0 atom stereocenters. The van der Waals surface area contributed by atoms with Crippen LogP contribution < -0.4 is 10.1 Å². The van der Waals surface area contributed by atoms with E-state index in [-0.39, 0.29) is 11.9 Å². The van der Waals surface area contributed by atoms with Gasteiger partial charge in [0.1, 0.15) is 5.75 Å². The van der Waals surface area contributed by atoms with Crippen molar-refractivity contribution in [2.75, 3.05) is 26.3 Å². The van der Waals surface area contributed by atoms with Gasteiger partial charge in [-0.2, -0.15) is 0 Å². The minimum atomic E-state index is -0.130. The molecule has 0 aliphatic carbocycles. The predicted molar refractivity (Wildman–Crippen MR) is 112 cm³/mol. The highest BCUT2D eigenvalue weighted by molar-refractivity contribution is 5.94. The predicted octanol–water partition coefficient (Wildman–Crippen LogP) is 3.03. The first kappa shape index (κ1) is 20.0. The first-order valence-corrected chi connectivity index (χ1v) is 9.97. The zero-order valence-electron chi connectivity index (χ0n) is 16.7. The molecule has 1 aromatic heterocycles. The number of aromatic nitrogens is 2. The van der Waals surface area contributed by atoms with E-state index in [9.17, 15) is 4.79 Å². The van der Waals surface area contributed by atoms with E-state index in [1.807, 2.05) is 0 Å². The summed E-state index contributed by atoms with van der Waals surface area (Å²) in [6.07, 6.45) is 3.22. The third-order valence-electron chi connectivity index (χ3n) is 4.85. The maximum atomic E-state index is 12.4. The number of morpholine rings is 1. The molecule has 1 aliphatic heterocycles. The normalized spacial score (nSPS) is 14.3.